The molecule has 5 heteroatoms. The SMILES string of the molecule is Cc1ccc(C(=O)Nc2nc3ccc(Cl)cc3s2)cc1C. The van der Waals surface area contributed by atoms with E-state index < -0.39 is 0 Å². The fourth-order valence-corrected chi connectivity index (χ4v) is 3.14. The summed E-state index contributed by atoms with van der Waals surface area (Å²) in [4.78, 5) is 16.6. The van der Waals surface area contributed by atoms with Crippen LogP contribution in [0.1, 0.15) is 21.5 Å². The van der Waals surface area contributed by atoms with E-state index in [1.165, 1.54) is 16.9 Å². The van der Waals surface area contributed by atoms with Gasteiger partial charge in [0.1, 0.15) is 0 Å². The largest absolute Gasteiger partial charge is 0.298 e. The summed E-state index contributed by atoms with van der Waals surface area (Å²) in [6.45, 7) is 4.01. The highest BCUT2D eigenvalue weighted by atomic mass is 35.5. The Morgan fingerprint density at radius 3 is 2.71 bits per heavy atom. The number of benzene rings is 2. The van der Waals surface area contributed by atoms with E-state index in [0.717, 1.165) is 15.8 Å². The van der Waals surface area contributed by atoms with Crippen molar-refractivity contribution in [2.75, 3.05) is 5.32 Å². The van der Waals surface area contributed by atoms with Crippen LogP contribution in [0, 0.1) is 13.8 Å². The average molecular weight is 317 g/mol. The molecule has 0 spiro atoms. The van der Waals surface area contributed by atoms with Crippen LogP contribution in [0.2, 0.25) is 5.02 Å². The number of halogens is 1. The number of aryl methyl sites for hydroxylation is 2. The Kier molecular flexibility index (Phi) is 3.66. The summed E-state index contributed by atoms with van der Waals surface area (Å²) in [5.74, 6) is -0.150. The Bertz CT molecular complexity index is 841. The number of carbonyl (C=O) groups is 1. The highest BCUT2D eigenvalue weighted by molar-refractivity contribution is 7.22. The van der Waals surface area contributed by atoms with Crippen LogP contribution < -0.4 is 5.32 Å². The Labute approximate surface area is 131 Å². The van der Waals surface area contributed by atoms with Crippen LogP contribution in [0.4, 0.5) is 5.13 Å². The van der Waals surface area contributed by atoms with E-state index in [4.69, 9.17) is 11.6 Å². The average Bonchev–Trinajstić information content (AvgIpc) is 2.83. The van der Waals surface area contributed by atoms with Crippen molar-refractivity contribution < 1.29 is 4.79 Å². The number of anilines is 1. The molecular formula is C16H13ClN2OS. The van der Waals surface area contributed by atoms with Gasteiger partial charge >= 0.3 is 0 Å². The zero-order valence-corrected chi connectivity index (χ0v) is 13.2. The normalized spacial score (nSPS) is 10.8. The van der Waals surface area contributed by atoms with Gasteiger partial charge in [0.25, 0.3) is 5.91 Å². The third-order valence-corrected chi connectivity index (χ3v) is 4.51. The first kappa shape index (κ1) is 14.0. The molecule has 0 saturated carbocycles. The third-order valence-electron chi connectivity index (χ3n) is 3.34. The molecule has 3 nitrogen and oxygen atoms in total. The zero-order chi connectivity index (χ0) is 15.0. The van der Waals surface area contributed by atoms with Gasteiger partial charge < -0.3 is 0 Å². The highest BCUT2D eigenvalue weighted by Gasteiger charge is 2.10. The number of fused-ring (bicyclic) bond motifs is 1. The molecule has 0 radical (unpaired) electrons. The first-order chi connectivity index (χ1) is 10.0. The van der Waals surface area contributed by atoms with Crippen molar-refractivity contribution in [3.63, 3.8) is 0 Å². The summed E-state index contributed by atoms with van der Waals surface area (Å²) in [6, 6.07) is 11.1. The molecule has 0 aliphatic heterocycles. The van der Waals surface area contributed by atoms with Gasteiger partial charge in [0.2, 0.25) is 0 Å². The summed E-state index contributed by atoms with van der Waals surface area (Å²) in [7, 11) is 0. The molecule has 3 rings (SSSR count). The summed E-state index contributed by atoms with van der Waals surface area (Å²) < 4.78 is 0.956. The molecule has 0 fully saturated rings. The van der Waals surface area contributed by atoms with Gasteiger partial charge in [-0.15, -0.1) is 0 Å². The van der Waals surface area contributed by atoms with E-state index >= 15 is 0 Å². The van der Waals surface area contributed by atoms with Crippen molar-refractivity contribution >= 4 is 44.2 Å². The minimum atomic E-state index is -0.150. The smallest absolute Gasteiger partial charge is 0.257 e. The van der Waals surface area contributed by atoms with Crippen LogP contribution in [0.25, 0.3) is 10.2 Å². The quantitative estimate of drug-likeness (QED) is 0.736. The number of amides is 1. The van der Waals surface area contributed by atoms with Crippen LogP contribution in [0.15, 0.2) is 36.4 Å². The molecule has 1 heterocycles. The number of rotatable bonds is 2. The van der Waals surface area contributed by atoms with Crippen molar-refractivity contribution in [2.45, 2.75) is 13.8 Å². The number of thiazole rings is 1. The zero-order valence-electron chi connectivity index (χ0n) is 11.6. The second-order valence-electron chi connectivity index (χ2n) is 4.88. The van der Waals surface area contributed by atoms with Gasteiger partial charge in [-0.05, 0) is 55.3 Å². The van der Waals surface area contributed by atoms with Crippen LogP contribution in [-0.4, -0.2) is 10.9 Å². The standard InChI is InChI=1S/C16H13ClN2OS/c1-9-3-4-11(7-10(9)2)15(20)19-16-18-13-6-5-12(17)8-14(13)21-16/h3-8H,1-2H3,(H,18,19,20). The fraction of sp³-hybridized carbons (Fsp3) is 0.125. The summed E-state index contributed by atoms with van der Waals surface area (Å²) in [5, 5.41) is 4.08. The Morgan fingerprint density at radius 1 is 1.14 bits per heavy atom. The third kappa shape index (κ3) is 2.91. The van der Waals surface area contributed by atoms with Gasteiger partial charge in [-0.1, -0.05) is 29.0 Å². The van der Waals surface area contributed by atoms with Gasteiger partial charge in [0, 0.05) is 10.6 Å². The molecule has 1 aromatic heterocycles. The molecule has 0 unspecified atom stereocenters. The molecule has 1 amide bonds. The molecule has 0 aliphatic rings. The number of aromatic nitrogens is 1. The lowest BCUT2D eigenvalue weighted by molar-refractivity contribution is 0.102. The van der Waals surface area contributed by atoms with Gasteiger partial charge in [-0.3, -0.25) is 10.1 Å². The minimum Gasteiger partial charge on any atom is -0.298 e. The Morgan fingerprint density at radius 2 is 1.95 bits per heavy atom. The molecule has 0 saturated heterocycles. The molecule has 3 aromatic rings. The first-order valence-electron chi connectivity index (χ1n) is 6.47. The lowest BCUT2D eigenvalue weighted by Crippen LogP contribution is -2.11. The summed E-state index contributed by atoms with van der Waals surface area (Å²) in [5.41, 5.74) is 3.73. The van der Waals surface area contributed by atoms with Crippen molar-refractivity contribution in [3.8, 4) is 0 Å². The lowest BCUT2D eigenvalue weighted by atomic mass is 10.1. The lowest BCUT2D eigenvalue weighted by Gasteiger charge is -2.04. The van der Waals surface area contributed by atoms with Crippen molar-refractivity contribution in [2.24, 2.45) is 0 Å². The predicted octanol–water partition coefficient (Wildman–Crippen LogP) is 4.82. The summed E-state index contributed by atoms with van der Waals surface area (Å²) in [6.07, 6.45) is 0. The van der Waals surface area contributed by atoms with Gasteiger partial charge in [-0.2, -0.15) is 0 Å². The number of carbonyl (C=O) groups excluding carboxylic acids is 1. The Balaban J connectivity index is 1.87. The maximum atomic E-state index is 12.3. The van der Waals surface area contributed by atoms with Crippen LogP contribution in [-0.2, 0) is 0 Å². The molecular weight excluding hydrogens is 304 g/mol. The molecule has 1 N–H and O–H groups in total. The van der Waals surface area contributed by atoms with E-state index in [1.54, 1.807) is 6.07 Å². The monoisotopic (exact) mass is 316 g/mol. The fourth-order valence-electron chi connectivity index (χ4n) is 2.00. The van der Waals surface area contributed by atoms with Gasteiger partial charge in [0.05, 0.1) is 10.2 Å². The van der Waals surface area contributed by atoms with Crippen molar-refractivity contribution in [3.05, 3.63) is 58.1 Å². The number of hydrogen-bond donors (Lipinski definition) is 1. The van der Waals surface area contributed by atoms with Crippen molar-refractivity contribution in [1.29, 1.82) is 0 Å². The highest BCUT2D eigenvalue weighted by Crippen LogP contribution is 2.28. The molecule has 21 heavy (non-hydrogen) atoms. The number of nitrogens with one attached hydrogen (secondary N) is 1. The molecule has 0 aliphatic carbocycles. The maximum Gasteiger partial charge on any atom is 0.257 e. The molecule has 0 atom stereocenters. The molecule has 0 bridgehead atoms. The second-order valence-corrected chi connectivity index (χ2v) is 6.35. The minimum absolute atomic E-state index is 0.150. The Hall–Kier alpha value is -1.91. The summed E-state index contributed by atoms with van der Waals surface area (Å²) >= 11 is 7.37. The van der Waals surface area contributed by atoms with Gasteiger partial charge in [-0.25, -0.2) is 4.98 Å². The van der Waals surface area contributed by atoms with E-state index in [2.05, 4.69) is 10.3 Å². The van der Waals surface area contributed by atoms with E-state index in [9.17, 15) is 4.79 Å². The second kappa shape index (κ2) is 5.47. The van der Waals surface area contributed by atoms with E-state index in [-0.39, 0.29) is 5.91 Å². The van der Waals surface area contributed by atoms with Gasteiger partial charge in [0.15, 0.2) is 5.13 Å². The van der Waals surface area contributed by atoms with E-state index in [1.807, 2.05) is 44.2 Å². The number of hydrogen-bond acceptors (Lipinski definition) is 3. The van der Waals surface area contributed by atoms with Crippen LogP contribution in [0.5, 0.6) is 0 Å². The molecule has 2 aromatic carbocycles. The van der Waals surface area contributed by atoms with Crippen LogP contribution in [0.3, 0.4) is 0 Å². The van der Waals surface area contributed by atoms with E-state index in [0.29, 0.717) is 15.7 Å². The maximum absolute atomic E-state index is 12.3. The van der Waals surface area contributed by atoms with Crippen LogP contribution >= 0.6 is 22.9 Å². The molecule has 106 valence electrons. The topological polar surface area (TPSA) is 42.0 Å². The number of nitrogens with zero attached hydrogens (tertiary/aromatic N) is 1. The van der Waals surface area contributed by atoms with Crippen molar-refractivity contribution in [1.82, 2.24) is 4.98 Å². The first-order valence-corrected chi connectivity index (χ1v) is 7.67. The predicted molar refractivity (Wildman–Crippen MR) is 88.5 cm³/mol.